The third kappa shape index (κ3) is 3.56. The number of carbonyl (C=O) groups excluding carboxylic acids is 1. The number of piperidine rings is 1. The normalized spacial score (nSPS) is 26.3. The number of carbonyl (C=O) groups is 1. The molecule has 0 aliphatic carbocycles. The van der Waals surface area contributed by atoms with Crippen LogP contribution < -0.4 is 0 Å². The monoisotopic (exact) mass is 227 g/mol. The van der Waals surface area contributed by atoms with Crippen LogP contribution in [0.1, 0.15) is 46.0 Å². The van der Waals surface area contributed by atoms with Gasteiger partial charge in [0.2, 0.25) is 0 Å². The van der Waals surface area contributed by atoms with Gasteiger partial charge in [0.15, 0.2) is 0 Å². The molecule has 1 heterocycles. The van der Waals surface area contributed by atoms with Crippen molar-refractivity contribution in [2.45, 2.75) is 52.0 Å². The van der Waals surface area contributed by atoms with Crippen molar-refractivity contribution < 1.29 is 9.90 Å². The van der Waals surface area contributed by atoms with Crippen LogP contribution in [0, 0.1) is 5.41 Å². The van der Waals surface area contributed by atoms with Crippen molar-refractivity contribution in [2.24, 2.45) is 5.41 Å². The summed E-state index contributed by atoms with van der Waals surface area (Å²) in [6.45, 7) is 6.28. The Balaban J connectivity index is 2.57. The number of rotatable bonds is 6. The standard InChI is InChI=1S/C13H25NO2/c1-3-13(2,11-16)10-14-8-5-4-6-12(14)7-9-15/h11-12,15H,3-10H2,1-2H3. The molecule has 1 fully saturated rings. The molecule has 1 saturated heterocycles. The van der Waals surface area contributed by atoms with Crippen LogP contribution >= 0.6 is 0 Å². The molecule has 0 aromatic rings. The molecule has 2 atom stereocenters. The fraction of sp³-hybridized carbons (Fsp3) is 0.923. The molecule has 1 aliphatic heterocycles. The Labute approximate surface area is 98.8 Å². The Morgan fingerprint density at radius 3 is 2.81 bits per heavy atom. The fourth-order valence-electron chi connectivity index (χ4n) is 2.44. The second kappa shape index (κ2) is 6.36. The van der Waals surface area contributed by atoms with Gasteiger partial charge in [-0.05, 0) is 32.2 Å². The van der Waals surface area contributed by atoms with Crippen LogP contribution in [0.25, 0.3) is 0 Å². The molecule has 94 valence electrons. The molecule has 2 unspecified atom stereocenters. The van der Waals surface area contributed by atoms with Crippen LogP contribution in [0.3, 0.4) is 0 Å². The summed E-state index contributed by atoms with van der Waals surface area (Å²) in [6.07, 6.45) is 6.47. The molecule has 1 aliphatic rings. The van der Waals surface area contributed by atoms with Crippen molar-refractivity contribution >= 4 is 6.29 Å². The van der Waals surface area contributed by atoms with E-state index in [2.05, 4.69) is 11.8 Å². The summed E-state index contributed by atoms with van der Waals surface area (Å²) in [7, 11) is 0. The van der Waals surface area contributed by atoms with E-state index in [1.54, 1.807) is 0 Å². The van der Waals surface area contributed by atoms with Gasteiger partial charge in [-0.15, -0.1) is 0 Å². The quantitative estimate of drug-likeness (QED) is 0.704. The predicted octanol–water partition coefficient (Wildman–Crippen LogP) is 1.84. The Morgan fingerprint density at radius 1 is 1.50 bits per heavy atom. The molecular formula is C13H25NO2. The van der Waals surface area contributed by atoms with E-state index in [1.807, 2.05) is 6.92 Å². The topological polar surface area (TPSA) is 40.5 Å². The first kappa shape index (κ1) is 13.7. The van der Waals surface area contributed by atoms with Gasteiger partial charge >= 0.3 is 0 Å². The zero-order valence-corrected chi connectivity index (χ0v) is 10.6. The Hall–Kier alpha value is -0.410. The summed E-state index contributed by atoms with van der Waals surface area (Å²) in [6, 6.07) is 0.476. The van der Waals surface area contributed by atoms with Crippen LogP contribution in [-0.2, 0) is 4.79 Å². The largest absolute Gasteiger partial charge is 0.396 e. The van der Waals surface area contributed by atoms with E-state index in [0.717, 1.165) is 32.2 Å². The van der Waals surface area contributed by atoms with Crippen molar-refractivity contribution in [1.29, 1.82) is 0 Å². The highest BCUT2D eigenvalue weighted by Crippen LogP contribution is 2.26. The number of aliphatic hydroxyl groups is 1. The second-order valence-corrected chi connectivity index (χ2v) is 5.26. The van der Waals surface area contributed by atoms with Gasteiger partial charge in [-0.3, -0.25) is 4.90 Å². The molecule has 16 heavy (non-hydrogen) atoms. The first-order chi connectivity index (χ1) is 7.65. The van der Waals surface area contributed by atoms with Crippen molar-refractivity contribution in [1.82, 2.24) is 4.90 Å². The SMILES string of the molecule is CCC(C)(C=O)CN1CCCCC1CCO. The maximum absolute atomic E-state index is 11.1. The number of hydrogen-bond donors (Lipinski definition) is 1. The van der Waals surface area contributed by atoms with Crippen LogP contribution in [0.2, 0.25) is 0 Å². The summed E-state index contributed by atoms with van der Waals surface area (Å²) in [5.41, 5.74) is -0.217. The van der Waals surface area contributed by atoms with Crippen LogP contribution in [0.15, 0.2) is 0 Å². The van der Waals surface area contributed by atoms with Gasteiger partial charge in [0.25, 0.3) is 0 Å². The molecule has 0 amide bonds. The number of nitrogens with zero attached hydrogens (tertiary/aromatic N) is 1. The average molecular weight is 227 g/mol. The van der Waals surface area contributed by atoms with Gasteiger partial charge in [0, 0.05) is 24.6 Å². The smallest absolute Gasteiger partial charge is 0.127 e. The number of likely N-dealkylation sites (tertiary alicyclic amines) is 1. The summed E-state index contributed by atoms with van der Waals surface area (Å²) in [5.74, 6) is 0. The van der Waals surface area contributed by atoms with Crippen molar-refractivity contribution in [3.05, 3.63) is 0 Å². The molecule has 0 aromatic carbocycles. The lowest BCUT2D eigenvalue weighted by Gasteiger charge is -2.39. The van der Waals surface area contributed by atoms with E-state index in [1.165, 1.54) is 19.3 Å². The molecule has 0 radical (unpaired) electrons. The zero-order valence-electron chi connectivity index (χ0n) is 10.6. The maximum atomic E-state index is 11.1. The van der Waals surface area contributed by atoms with Crippen LogP contribution in [0.5, 0.6) is 0 Å². The van der Waals surface area contributed by atoms with Crippen LogP contribution in [0.4, 0.5) is 0 Å². The van der Waals surface area contributed by atoms with Gasteiger partial charge in [0.05, 0.1) is 0 Å². The van der Waals surface area contributed by atoms with Gasteiger partial charge in [-0.1, -0.05) is 20.3 Å². The molecule has 1 rings (SSSR count). The first-order valence-corrected chi connectivity index (χ1v) is 6.46. The van der Waals surface area contributed by atoms with Gasteiger partial charge in [0.1, 0.15) is 6.29 Å². The molecular weight excluding hydrogens is 202 g/mol. The Bertz CT molecular complexity index is 218. The predicted molar refractivity (Wildman–Crippen MR) is 65.4 cm³/mol. The van der Waals surface area contributed by atoms with E-state index in [0.29, 0.717) is 6.04 Å². The average Bonchev–Trinajstić information content (AvgIpc) is 2.32. The maximum Gasteiger partial charge on any atom is 0.127 e. The van der Waals surface area contributed by atoms with E-state index < -0.39 is 0 Å². The molecule has 1 N–H and O–H groups in total. The van der Waals surface area contributed by atoms with E-state index in [-0.39, 0.29) is 12.0 Å². The lowest BCUT2D eigenvalue weighted by atomic mass is 9.87. The minimum atomic E-state index is -0.217. The molecule has 3 heteroatoms. The fourth-order valence-corrected chi connectivity index (χ4v) is 2.44. The zero-order chi connectivity index (χ0) is 12.0. The summed E-state index contributed by atoms with van der Waals surface area (Å²) in [4.78, 5) is 13.5. The lowest BCUT2D eigenvalue weighted by molar-refractivity contribution is -0.117. The Morgan fingerprint density at radius 2 is 2.25 bits per heavy atom. The van der Waals surface area contributed by atoms with E-state index in [9.17, 15) is 4.79 Å². The number of aliphatic hydroxyl groups excluding tert-OH is 1. The highest BCUT2D eigenvalue weighted by atomic mass is 16.3. The van der Waals surface area contributed by atoms with Crippen LogP contribution in [-0.4, -0.2) is 42.0 Å². The minimum Gasteiger partial charge on any atom is -0.396 e. The Kier molecular flexibility index (Phi) is 5.42. The molecule has 0 saturated carbocycles. The summed E-state index contributed by atoms with van der Waals surface area (Å²) < 4.78 is 0. The van der Waals surface area contributed by atoms with Crippen molar-refractivity contribution in [3.8, 4) is 0 Å². The van der Waals surface area contributed by atoms with Gasteiger partial charge in [-0.2, -0.15) is 0 Å². The highest BCUT2D eigenvalue weighted by Gasteiger charge is 2.29. The molecule has 0 aromatic heterocycles. The van der Waals surface area contributed by atoms with E-state index in [4.69, 9.17) is 5.11 Å². The third-order valence-corrected chi connectivity index (χ3v) is 3.87. The summed E-state index contributed by atoms with van der Waals surface area (Å²) >= 11 is 0. The minimum absolute atomic E-state index is 0.217. The van der Waals surface area contributed by atoms with Gasteiger partial charge in [-0.25, -0.2) is 0 Å². The number of hydrogen-bond acceptors (Lipinski definition) is 3. The second-order valence-electron chi connectivity index (χ2n) is 5.26. The van der Waals surface area contributed by atoms with Crippen molar-refractivity contribution in [2.75, 3.05) is 19.7 Å². The molecule has 3 nitrogen and oxygen atoms in total. The third-order valence-electron chi connectivity index (χ3n) is 3.87. The summed E-state index contributed by atoms with van der Waals surface area (Å²) in [5, 5.41) is 9.05. The lowest BCUT2D eigenvalue weighted by Crippen LogP contribution is -2.46. The first-order valence-electron chi connectivity index (χ1n) is 6.46. The highest BCUT2D eigenvalue weighted by molar-refractivity contribution is 5.58. The number of aldehydes is 1. The molecule has 0 spiro atoms. The van der Waals surface area contributed by atoms with E-state index >= 15 is 0 Å². The van der Waals surface area contributed by atoms with Crippen molar-refractivity contribution in [3.63, 3.8) is 0 Å². The van der Waals surface area contributed by atoms with Gasteiger partial charge < -0.3 is 9.90 Å². The molecule has 0 bridgehead atoms.